The van der Waals surface area contributed by atoms with Gasteiger partial charge in [0, 0.05) is 36.7 Å². The van der Waals surface area contributed by atoms with E-state index in [1.165, 1.54) is 0 Å². The van der Waals surface area contributed by atoms with Crippen LogP contribution in [0.3, 0.4) is 0 Å². The molecule has 0 aliphatic carbocycles. The Bertz CT molecular complexity index is 939. The van der Waals surface area contributed by atoms with E-state index in [0.29, 0.717) is 23.7 Å². The molecule has 0 fully saturated rings. The second kappa shape index (κ2) is 11.0. The van der Waals surface area contributed by atoms with Gasteiger partial charge in [0.2, 0.25) is 0 Å². The number of benzene rings is 2. The molecule has 2 aromatic carbocycles. The highest BCUT2D eigenvalue weighted by molar-refractivity contribution is 6.30. The zero-order chi connectivity index (χ0) is 20.5. The number of unbranched alkanes of at least 4 members (excludes halogenated alkanes) is 2. The van der Waals surface area contributed by atoms with Crippen LogP contribution >= 0.6 is 11.6 Å². The Morgan fingerprint density at radius 1 is 1.14 bits per heavy atom. The Morgan fingerprint density at radius 2 is 2.00 bits per heavy atom. The summed E-state index contributed by atoms with van der Waals surface area (Å²) in [5, 5.41) is 3.53. The molecule has 3 rings (SSSR count). The van der Waals surface area contributed by atoms with Crippen LogP contribution in [0.15, 0.2) is 48.5 Å². The molecule has 1 amide bonds. The van der Waals surface area contributed by atoms with Gasteiger partial charge in [-0.15, -0.1) is 0 Å². The molecule has 29 heavy (non-hydrogen) atoms. The molecule has 0 saturated carbocycles. The monoisotopic (exact) mass is 413 g/mol. The lowest BCUT2D eigenvalue weighted by Gasteiger charge is -2.09. The molecule has 1 heterocycles. The minimum atomic E-state index is -0.0785. The van der Waals surface area contributed by atoms with E-state index < -0.39 is 0 Å². The van der Waals surface area contributed by atoms with E-state index in [4.69, 9.17) is 21.3 Å². The summed E-state index contributed by atoms with van der Waals surface area (Å²) in [4.78, 5) is 16.9. The summed E-state index contributed by atoms with van der Waals surface area (Å²) in [5.41, 5.74) is 2.80. The third kappa shape index (κ3) is 6.05. The molecule has 3 aromatic rings. The Labute approximate surface area is 177 Å². The Balaban J connectivity index is 1.46. The molecule has 0 aliphatic rings. The van der Waals surface area contributed by atoms with Gasteiger partial charge in [0.25, 0.3) is 5.91 Å². The largest absolute Gasteiger partial charge is 0.380 e. The topological polar surface area (TPSA) is 56.1 Å². The number of rotatable bonds is 11. The first kappa shape index (κ1) is 21.3. The Morgan fingerprint density at radius 3 is 2.83 bits per heavy atom. The highest BCUT2D eigenvalue weighted by Crippen LogP contribution is 2.18. The van der Waals surface area contributed by atoms with Crippen molar-refractivity contribution in [3.05, 3.63) is 64.9 Å². The van der Waals surface area contributed by atoms with E-state index in [1.54, 1.807) is 24.3 Å². The first-order chi connectivity index (χ1) is 14.2. The van der Waals surface area contributed by atoms with Crippen molar-refractivity contribution in [3.63, 3.8) is 0 Å². The molecule has 0 aliphatic heterocycles. The Kier molecular flexibility index (Phi) is 8.08. The predicted molar refractivity (Wildman–Crippen MR) is 118 cm³/mol. The lowest BCUT2D eigenvalue weighted by atomic mass is 10.1. The highest BCUT2D eigenvalue weighted by Gasteiger charge is 2.10. The van der Waals surface area contributed by atoms with Crippen LogP contribution in [-0.4, -0.2) is 35.2 Å². The zero-order valence-corrected chi connectivity index (χ0v) is 17.6. The van der Waals surface area contributed by atoms with Crippen LogP contribution in [0.1, 0.15) is 42.4 Å². The van der Waals surface area contributed by atoms with Gasteiger partial charge >= 0.3 is 0 Å². The van der Waals surface area contributed by atoms with Crippen molar-refractivity contribution in [2.75, 3.05) is 19.8 Å². The van der Waals surface area contributed by atoms with Gasteiger partial charge in [0.1, 0.15) is 5.82 Å². The fourth-order valence-electron chi connectivity index (χ4n) is 3.38. The molecule has 0 radical (unpaired) electrons. The number of carbonyl (C=O) groups excluding carboxylic acids is 1. The smallest absolute Gasteiger partial charge is 0.251 e. The number of carbonyl (C=O) groups is 1. The van der Waals surface area contributed by atoms with Gasteiger partial charge in [-0.25, -0.2) is 4.98 Å². The molecule has 1 N–H and O–H groups in total. The first-order valence-corrected chi connectivity index (χ1v) is 10.6. The van der Waals surface area contributed by atoms with E-state index in [9.17, 15) is 4.79 Å². The second-order valence-electron chi connectivity index (χ2n) is 6.94. The summed E-state index contributed by atoms with van der Waals surface area (Å²) in [5.74, 6) is 1.03. The molecule has 0 atom stereocenters. The van der Waals surface area contributed by atoms with Crippen LogP contribution < -0.4 is 5.32 Å². The van der Waals surface area contributed by atoms with Crippen molar-refractivity contribution >= 4 is 28.5 Å². The van der Waals surface area contributed by atoms with E-state index in [1.807, 2.05) is 19.1 Å². The number of aryl methyl sites for hydroxylation is 1. The van der Waals surface area contributed by atoms with Crippen LogP contribution in [0.2, 0.25) is 5.02 Å². The predicted octanol–water partition coefficient (Wildman–Crippen LogP) is 4.87. The fraction of sp³-hybridized carbons (Fsp3) is 0.391. The molecule has 0 unspecified atom stereocenters. The van der Waals surface area contributed by atoms with E-state index in [-0.39, 0.29) is 5.91 Å². The molecular formula is C23H28ClN3O2. The minimum Gasteiger partial charge on any atom is -0.380 e. The average molecular weight is 414 g/mol. The molecule has 0 spiro atoms. The van der Waals surface area contributed by atoms with Crippen LogP contribution in [0.25, 0.3) is 11.0 Å². The number of hydrogen-bond acceptors (Lipinski definition) is 3. The van der Waals surface area contributed by atoms with Crippen molar-refractivity contribution in [3.8, 4) is 0 Å². The van der Waals surface area contributed by atoms with Crippen molar-refractivity contribution < 1.29 is 9.53 Å². The molecule has 6 heteroatoms. The molecule has 154 valence electrons. The minimum absolute atomic E-state index is 0.0785. The van der Waals surface area contributed by atoms with Gasteiger partial charge in [-0.3, -0.25) is 4.79 Å². The van der Waals surface area contributed by atoms with Gasteiger partial charge in [0.15, 0.2) is 0 Å². The number of nitrogens with zero attached hydrogens (tertiary/aromatic N) is 2. The summed E-state index contributed by atoms with van der Waals surface area (Å²) in [7, 11) is 0. The van der Waals surface area contributed by atoms with Gasteiger partial charge < -0.3 is 14.6 Å². The van der Waals surface area contributed by atoms with Crippen LogP contribution in [0.5, 0.6) is 0 Å². The number of hydrogen-bond donors (Lipinski definition) is 1. The maximum Gasteiger partial charge on any atom is 0.251 e. The van der Waals surface area contributed by atoms with Crippen molar-refractivity contribution in [2.24, 2.45) is 0 Å². The van der Waals surface area contributed by atoms with Crippen molar-refractivity contribution in [1.82, 2.24) is 14.9 Å². The number of fused-ring (bicyclic) bond motifs is 1. The SMILES string of the molecule is CCOCCn1c(CCCCCNC(=O)c2cccc(Cl)c2)nc2ccccc21. The maximum absolute atomic E-state index is 12.1. The number of nitrogens with one attached hydrogen (secondary N) is 1. The fourth-order valence-corrected chi connectivity index (χ4v) is 3.57. The summed E-state index contributed by atoms with van der Waals surface area (Å²) in [6, 6.07) is 15.2. The normalized spacial score (nSPS) is 11.1. The molecule has 1 aromatic heterocycles. The Hall–Kier alpha value is -2.37. The number of halogens is 1. The molecule has 0 saturated heterocycles. The lowest BCUT2D eigenvalue weighted by Crippen LogP contribution is -2.24. The number of aromatic nitrogens is 2. The maximum atomic E-state index is 12.1. The standard InChI is InChI=1S/C23H28ClN3O2/c1-2-29-16-15-27-21-12-6-5-11-20(21)26-22(27)13-4-3-7-14-25-23(28)18-9-8-10-19(24)17-18/h5-6,8-12,17H,2-4,7,13-16H2,1H3,(H,25,28). The van der Waals surface area contributed by atoms with Gasteiger partial charge in [-0.05, 0) is 50.1 Å². The van der Waals surface area contributed by atoms with E-state index >= 15 is 0 Å². The summed E-state index contributed by atoms with van der Waals surface area (Å²) in [6.45, 7) is 4.91. The third-order valence-electron chi connectivity index (χ3n) is 4.85. The van der Waals surface area contributed by atoms with Gasteiger partial charge in [0.05, 0.1) is 17.6 Å². The third-order valence-corrected chi connectivity index (χ3v) is 5.08. The number of para-hydroxylation sites is 2. The number of amides is 1. The summed E-state index contributed by atoms with van der Waals surface area (Å²) in [6.07, 6.45) is 3.92. The average Bonchev–Trinajstić information content (AvgIpc) is 3.08. The van der Waals surface area contributed by atoms with E-state index in [2.05, 4.69) is 22.0 Å². The van der Waals surface area contributed by atoms with Crippen molar-refractivity contribution in [1.29, 1.82) is 0 Å². The van der Waals surface area contributed by atoms with Crippen LogP contribution in [0, 0.1) is 0 Å². The first-order valence-electron chi connectivity index (χ1n) is 10.2. The number of ether oxygens (including phenoxy) is 1. The number of imidazole rings is 1. The molecule has 0 bridgehead atoms. The van der Waals surface area contributed by atoms with E-state index in [0.717, 1.165) is 55.7 Å². The quantitative estimate of drug-likeness (QED) is 0.456. The molecule has 5 nitrogen and oxygen atoms in total. The van der Waals surface area contributed by atoms with Crippen LogP contribution in [-0.2, 0) is 17.7 Å². The summed E-state index contributed by atoms with van der Waals surface area (Å²) >= 11 is 5.94. The van der Waals surface area contributed by atoms with Gasteiger partial charge in [-0.2, -0.15) is 0 Å². The lowest BCUT2D eigenvalue weighted by molar-refractivity contribution is 0.0953. The van der Waals surface area contributed by atoms with Gasteiger partial charge in [-0.1, -0.05) is 36.2 Å². The molecular weight excluding hydrogens is 386 g/mol. The van der Waals surface area contributed by atoms with Crippen LogP contribution in [0.4, 0.5) is 0 Å². The zero-order valence-electron chi connectivity index (χ0n) is 16.9. The highest BCUT2D eigenvalue weighted by atomic mass is 35.5. The summed E-state index contributed by atoms with van der Waals surface area (Å²) < 4.78 is 7.81. The van der Waals surface area contributed by atoms with Crippen molar-refractivity contribution in [2.45, 2.75) is 39.2 Å². The second-order valence-corrected chi connectivity index (χ2v) is 7.38.